The van der Waals surface area contributed by atoms with Crippen LogP contribution in [0.3, 0.4) is 0 Å². The van der Waals surface area contributed by atoms with Crippen LogP contribution in [-0.4, -0.2) is 13.4 Å². The highest BCUT2D eigenvalue weighted by Crippen LogP contribution is 2.23. The largest absolute Gasteiger partial charge is 0.445 e. The Balaban J connectivity index is 2.61. The van der Waals surface area contributed by atoms with Crippen LogP contribution in [-0.2, 0) is 16.4 Å². The standard InChI is InChI=1S/C11H12N2O3S/c1-2-8-3-4-9(11-13-5-6-16-11)7-10(8)17(12,14)15/h3-7H,2H2,1H3,(H2,12,14,15). The smallest absolute Gasteiger partial charge is 0.238 e. The fourth-order valence-corrected chi connectivity index (χ4v) is 2.48. The summed E-state index contributed by atoms with van der Waals surface area (Å²) in [7, 11) is -3.73. The molecule has 0 aliphatic carbocycles. The van der Waals surface area contributed by atoms with Crippen molar-refractivity contribution in [2.24, 2.45) is 5.14 Å². The van der Waals surface area contributed by atoms with Gasteiger partial charge in [0.15, 0.2) is 0 Å². The molecule has 1 aromatic carbocycles. The number of nitrogens with two attached hydrogens (primary N) is 1. The van der Waals surface area contributed by atoms with Gasteiger partial charge < -0.3 is 4.42 Å². The Labute approximate surface area is 99.3 Å². The lowest BCUT2D eigenvalue weighted by Crippen LogP contribution is -2.14. The van der Waals surface area contributed by atoms with Gasteiger partial charge in [-0.15, -0.1) is 0 Å². The highest BCUT2D eigenvalue weighted by atomic mass is 32.2. The molecule has 0 saturated heterocycles. The first-order valence-corrected chi connectivity index (χ1v) is 6.62. The summed E-state index contributed by atoms with van der Waals surface area (Å²) in [6.07, 6.45) is 3.52. The molecule has 2 aromatic rings. The Morgan fingerprint density at radius 2 is 2.18 bits per heavy atom. The van der Waals surface area contributed by atoms with Gasteiger partial charge in [0.05, 0.1) is 11.1 Å². The number of aryl methyl sites for hydroxylation is 1. The highest BCUT2D eigenvalue weighted by Gasteiger charge is 2.15. The van der Waals surface area contributed by atoms with E-state index < -0.39 is 10.0 Å². The highest BCUT2D eigenvalue weighted by molar-refractivity contribution is 7.89. The molecule has 17 heavy (non-hydrogen) atoms. The van der Waals surface area contributed by atoms with Gasteiger partial charge in [0.1, 0.15) is 6.26 Å². The summed E-state index contributed by atoms with van der Waals surface area (Å²) in [5, 5.41) is 5.18. The van der Waals surface area contributed by atoms with Gasteiger partial charge in [0.2, 0.25) is 15.9 Å². The molecule has 0 bridgehead atoms. The molecule has 1 heterocycles. The molecular weight excluding hydrogens is 240 g/mol. The number of primary sulfonamides is 1. The number of hydrogen-bond donors (Lipinski definition) is 1. The maximum atomic E-state index is 11.5. The van der Waals surface area contributed by atoms with E-state index >= 15 is 0 Å². The predicted molar refractivity (Wildman–Crippen MR) is 62.7 cm³/mol. The van der Waals surface area contributed by atoms with Crippen molar-refractivity contribution in [3.05, 3.63) is 36.2 Å². The summed E-state index contributed by atoms with van der Waals surface area (Å²) >= 11 is 0. The summed E-state index contributed by atoms with van der Waals surface area (Å²) in [4.78, 5) is 4.08. The lowest BCUT2D eigenvalue weighted by molar-refractivity contribution is 0.574. The van der Waals surface area contributed by atoms with Gasteiger partial charge >= 0.3 is 0 Å². The maximum Gasteiger partial charge on any atom is 0.238 e. The van der Waals surface area contributed by atoms with E-state index in [2.05, 4.69) is 4.98 Å². The second-order valence-electron chi connectivity index (χ2n) is 3.56. The zero-order chi connectivity index (χ0) is 12.5. The van der Waals surface area contributed by atoms with Gasteiger partial charge in [0, 0.05) is 5.56 Å². The molecular formula is C11H12N2O3S. The normalized spacial score (nSPS) is 11.6. The van der Waals surface area contributed by atoms with Crippen molar-refractivity contribution < 1.29 is 12.8 Å². The van der Waals surface area contributed by atoms with Crippen molar-refractivity contribution in [2.75, 3.05) is 0 Å². The molecule has 0 radical (unpaired) electrons. The minimum absolute atomic E-state index is 0.121. The first-order chi connectivity index (χ1) is 8.02. The molecule has 0 aliphatic heterocycles. The first-order valence-electron chi connectivity index (χ1n) is 5.08. The van der Waals surface area contributed by atoms with Crippen molar-refractivity contribution in [1.82, 2.24) is 4.98 Å². The Morgan fingerprint density at radius 1 is 1.41 bits per heavy atom. The van der Waals surface area contributed by atoms with Crippen molar-refractivity contribution >= 4 is 10.0 Å². The minimum Gasteiger partial charge on any atom is -0.445 e. The van der Waals surface area contributed by atoms with Gasteiger partial charge in [-0.1, -0.05) is 13.0 Å². The third-order valence-electron chi connectivity index (χ3n) is 2.43. The molecule has 0 fully saturated rings. The van der Waals surface area contributed by atoms with Gasteiger partial charge in [-0.3, -0.25) is 0 Å². The molecule has 6 heteroatoms. The topological polar surface area (TPSA) is 86.2 Å². The van der Waals surface area contributed by atoms with Crippen molar-refractivity contribution in [3.8, 4) is 11.5 Å². The van der Waals surface area contributed by atoms with Crippen molar-refractivity contribution in [2.45, 2.75) is 18.2 Å². The number of aromatic nitrogens is 1. The second kappa shape index (κ2) is 4.31. The van der Waals surface area contributed by atoms with Crippen LogP contribution < -0.4 is 5.14 Å². The third kappa shape index (κ3) is 2.37. The van der Waals surface area contributed by atoms with Gasteiger partial charge in [-0.2, -0.15) is 0 Å². The van der Waals surface area contributed by atoms with Crippen LogP contribution in [0.4, 0.5) is 0 Å². The third-order valence-corrected chi connectivity index (χ3v) is 3.43. The lowest BCUT2D eigenvalue weighted by Gasteiger charge is -2.06. The number of benzene rings is 1. The molecule has 5 nitrogen and oxygen atoms in total. The zero-order valence-corrected chi connectivity index (χ0v) is 10.1. The molecule has 2 N–H and O–H groups in total. The molecule has 0 atom stereocenters. The van der Waals surface area contributed by atoms with E-state index in [1.807, 2.05) is 6.92 Å². The van der Waals surface area contributed by atoms with Crippen LogP contribution in [0.5, 0.6) is 0 Å². The Kier molecular flexibility index (Phi) is 2.99. The SMILES string of the molecule is CCc1ccc(-c2ncco2)cc1S(N)(=O)=O. The second-order valence-corrected chi connectivity index (χ2v) is 5.09. The summed E-state index contributed by atoms with van der Waals surface area (Å²) < 4.78 is 28.0. The van der Waals surface area contributed by atoms with Crippen LogP contribution in [0, 0.1) is 0 Å². The van der Waals surface area contributed by atoms with Crippen LogP contribution in [0.1, 0.15) is 12.5 Å². The van der Waals surface area contributed by atoms with E-state index in [1.165, 1.54) is 18.5 Å². The first kappa shape index (κ1) is 11.8. The van der Waals surface area contributed by atoms with Crippen LogP contribution in [0.15, 0.2) is 40.0 Å². The van der Waals surface area contributed by atoms with Gasteiger partial charge in [-0.05, 0) is 24.1 Å². The average Bonchev–Trinajstić information content (AvgIpc) is 2.80. The van der Waals surface area contributed by atoms with Crippen LogP contribution in [0.25, 0.3) is 11.5 Å². The molecule has 90 valence electrons. The number of sulfonamides is 1. The predicted octanol–water partition coefficient (Wildman–Crippen LogP) is 1.55. The van der Waals surface area contributed by atoms with E-state index in [0.717, 1.165) is 0 Å². The fraction of sp³-hybridized carbons (Fsp3) is 0.182. The summed E-state index contributed by atoms with van der Waals surface area (Å²) in [5.74, 6) is 0.373. The zero-order valence-electron chi connectivity index (χ0n) is 9.25. The molecule has 1 aromatic heterocycles. The number of nitrogens with zero attached hydrogens (tertiary/aromatic N) is 1. The Bertz CT molecular complexity index is 618. The van der Waals surface area contributed by atoms with E-state index in [0.29, 0.717) is 23.4 Å². The Morgan fingerprint density at radius 3 is 2.71 bits per heavy atom. The van der Waals surface area contributed by atoms with E-state index in [4.69, 9.17) is 9.56 Å². The summed E-state index contributed by atoms with van der Waals surface area (Å²) in [6, 6.07) is 4.97. The lowest BCUT2D eigenvalue weighted by atomic mass is 10.1. The van der Waals surface area contributed by atoms with Gasteiger partial charge in [0.25, 0.3) is 0 Å². The van der Waals surface area contributed by atoms with E-state index in [9.17, 15) is 8.42 Å². The quantitative estimate of drug-likeness (QED) is 0.897. The molecule has 0 saturated carbocycles. The Hall–Kier alpha value is -1.66. The monoisotopic (exact) mass is 252 g/mol. The number of oxazole rings is 1. The molecule has 0 unspecified atom stereocenters. The summed E-state index contributed by atoms with van der Waals surface area (Å²) in [6.45, 7) is 1.87. The van der Waals surface area contributed by atoms with E-state index in [-0.39, 0.29) is 4.90 Å². The van der Waals surface area contributed by atoms with Crippen LogP contribution >= 0.6 is 0 Å². The van der Waals surface area contributed by atoms with Crippen LogP contribution in [0.2, 0.25) is 0 Å². The average molecular weight is 252 g/mol. The van der Waals surface area contributed by atoms with E-state index in [1.54, 1.807) is 12.1 Å². The maximum absolute atomic E-state index is 11.5. The molecule has 0 aliphatic rings. The minimum atomic E-state index is -3.73. The summed E-state index contributed by atoms with van der Waals surface area (Å²) in [5.41, 5.74) is 1.28. The number of rotatable bonds is 3. The molecule has 0 spiro atoms. The van der Waals surface area contributed by atoms with Gasteiger partial charge in [-0.25, -0.2) is 18.5 Å². The van der Waals surface area contributed by atoms with Crippen molar-refractivity contribution in [3.63, 3.8) is 0 Å². The fourth-order valence-electron chi connectivity index (χ4n) is 1.61. The number of hydrogen-bond acceptors (Lipinski definition) is 4. The van der Waals surface area contributed by atoms with Crippen molar-refractivity contribution in [1.29, 1.82) is 0 Å². The molecule has 2 rings (SSSR count). The molecule has 0 amide bonds.